The van der Waals surface area contributed by atoms with E-state index in [-0.39, 0.29) is 30.4 Å². The zero-order valence-corrected chi connectivity index (χ0v) is 12.1. The van der Waals surface area contributed by atoms with Gasteiger partial charge in [-0.15, -0.1) is 24.8 Å². The average molecular weight is 309 g/mol. The van der Waals surface area contributed by atoms with E-state index in [0.717, 1.165) is 38.2 Å². The number of rotatable bonds is 1. The van der Waals surface area contributed by atoms with E-state index in [1.54, 1.807) is 6.07 Å². The Hall–Kier alpha value is -0.820. The molecule has 2 aliphatic heterocycles. The first-order valence-corrected chi connectivity index (χ1v) is 5.90. The molecule has 2 aliphatic rings. The molecular weight excluding hydrogens is 291 g/mol. The van der Waals surface area contributed by atoms with Crippen molar-refractivity contribution >= 4 is 30.7 Å². The van der Waals surface area contributed by atoms with Crippen LogP contribution in [0.2, 0.25) is 0 Å². The van der Waals surface area contributed by atoms with Gasteiger partial charge in [0.05, 0.1) is 24.4 Å². The Balaban J connectivity index is 0.000000902. The van der Waals surface area contributed by atoms with Crippen molar-refractivity contribution in [1.29, 1.82) is 0 Å². The molecule has 0 bridgehead atoms. The van der Waals surface area contributed by atoms with Crippen LogP contribution in [-0.4, -0.2) is 34.4 Å². The van der Waals surface area contributed by atoms with Crippen LogP contribution in [0, 0.1) is 0 Å². The summed E-state index contributed by atoms with van der Waals surface area (Å²) in [4.78, 5) is 11.1. The Morgan fingerprint density at radius 1 is 1.42 bits per heavy atom. The summed E-state index contributed by atoms with van der Waals surface area (Å²) in [6.07, 6.45) is 1.97. The highest BCUT2D eigenvalue weighted by Gasteiger charge is 2.37. The smallest absolute Gasteiger partial charge is 0.269 e. The number of halogens is 2. The van der Waals surface area contributed by atoms with Gasteiger partial charge in [0.2, 0.25) is 0 Å². The van der Waals surface area contributed by atoms with Crippen molar-refractivity contribution in [3.8, 4) is 0 Å². The second kappa shape index (κ2) is 6.09. The van der Waals surface area contributed by atoms with E-state index in [4.69, 9.17) is 10.5 Å². The van der Waals surface area contributed by atoms with Gasteiger partial charge in [0.25, 0.3) is 5.91 Å². The number of carbonyl (C=O) groups is 1. The number of hydrogen-bond donors (Lipinski definition) is 2. The van der Waals surface area contributed by atoms with Gasteiger partial charge in [-0.05, 0) is 32.0 Å². The Kier molecular flexibility index (Phi) is 5.20. The van der Waals surface area contributed by atoms with Crippen molar-refractivity contribution in [2.45, 2.75) is 31.6 Å². The molecule has 0 saturated carbocycles. The number of nitrogens with one attached hydrogen (secondary N) is 1. The van der Waals surface area contributed by atoms with Crippen LogP contribution < -0.4 is 11.1 Å². The summed E-state index contributed by atoms with van der Waals surface area (Å²) in [5.74, 6) is -0.480. The SMILES string of the molecule is Cl.Cl.NC(=O)c1cc2n(n1)CC1(CCNCC1)OC2. The van der Waals surface area contributed by atoms with E-state index < -0.39 is 5.91 Å². The Morgan fingerprint density at radius 2 is 2.11 bits per heavy atom. The van der Waals surface area contributed by atoms with E-state index in [2.05, 4.69) is 10.4 Å². The zero-order valence-electron chi connectivity index (χ0n) is 10.4. The highest BCUT2D eigenvalue weighted by molar-refractivity contribution is 5.90. The van der Waals surface area contributed by atoms with Crippen molar-refractivity contribution in [2.75, 3.05) is 13.1 Å². The fourth-order valence-electron chi connectivity index (χ4n) is 2.56. The molecule has 8 heteroatoms. The molecule has 108 valence electrons. The van der Waals surface area contributed by atoms with Crippen LogP contribution in [0.3, 0.4) is 0 Å². The largest absolute Gasteiger partial charge is 0.367 e. The number of amides is 1. The van der Waals surface area contributed by atoms with E-state index in [9.17, 15) is 4.79 Å². The minimum Gasteiger partial charge on any atom is -0.367 e. The van der Waals surface area contributed by atoms with Gasteiger partial charge < -0.3 is 15.8 Å². The summed E-state index contributed by atoms with van der Waals surface area (Å²) in [5, 5.41) is 7.56. The van der Waals surface area contributed by atoms with Crippen LogP contribution in [0.25, 0.3) is 0 Å². The van der Waals surface area contributed by atoms with Crippen LogP contribution in [0.15, 0.2) is 6.07 Å². The molecule has 0 atom stereocenters. The molecule has 1 spiro atoms. The van der Waals surface area contributed by atoms with Crippen LogP contribution in [-0.2, 0) is 17.9 Å². The zero-order chi connectivity index (χ0) is 11.9. The molecule has 3 N–H and O–H groups in total. The highest BCUT2D eigenvalue weighted by atomic mass is 35.5. The average Bonchev–Trinajstić information content (AvgIpc) is 2.73. The predicted octanol–water partition coefficient (Wildman–Crippen LogP) is 0.478. The second-order valence-electron chi connectivity index (χ2n) is 4.76. The maximum absolute atomic E-state index is 11.1. The van der Waals surface area contributed by atoms with Crippen molar-refractivity contribution < 1.29 is 9.53 Å². The van der Waals surface area contributed by atoms with Crippen molar-refractivity contribution in [3.05, 3.63) is 17.5 Å². The molecule has 0 radical (unpaired) electrons. The van der Waals surface area contributed by atoms with Gasteiger partial charge in [0.15, 0.2) is 0 Å². The first-order valence-electron chi connectivity index (χ1n) is 5.90. The number of nitrogens with zero attached hydrogens (tertiary/aromatic N) is 2. The number of carbonyl (C=O) groups excluding carboxylic acids is 1. The van der Waals surface area contributed by atoms with Gasteiger partial charge in [-0.3, -0.25) is 9.48 Å². The summed E-state index contributed by atoms with van der Waals surface area (Å²) in [6.45, 7) is 3.18. The molecule has 0 unspecified atom stereocenters. The van der Waals surface area contributed by atoms with Gasteiger partial charge in [-0.2, -0.15) is 5.10 Å². The highest BCUT2D eigenvalue weighted by Crippen LogP contribution is 2.30. The van der Waals surface area contributed by atoms with E-state index in [0.29, 0.717) is 12.3 Å². The van der Waals surface area contributed by atoms with Gasteiger partial charge in [0, 0.05) is 0 Å². The minimum atomic E-state index is -0.480. The quantitative estimate of drug-likeness (QED) is 0.790. The number of hydrogen-bond acceptors (Lipinski definition) is 4. The lowest BCUT2D eigenvalue weighted by Gasteiger charge is -2.40. The predicted molar refractivity (Wildman–Crippen MR) is 74.9 cm³/mol. The third-order valence-corrected chi connectivity index (χ3v) is 3.59. The topological polar surface area (TPSA) is 82.2 Å². The van der Waals surface area contributed by atoms with E-state index >= 15 is 0 Å². The van der Waals surface area contributed by atoms with Crippen LogP contribution in [0.4, 0.5) is 0 Å². The third-order valence-electron chi connectivity index (χ3n) is 3.59. The van der Waals surface area contributed by atoms with Gasteiger partial charge in [0.1, 0.15) is 5.69 Å². The molecule has 1 amide bonds. The lowest BCUT2D eigenvalue weighted by atomic mass is 9.91. The van der Waals surface area contributed by atoms with Crippen LogP contribution in [0.5, 0.6) is 0 Å². The molecule has 3 rings (SSSR count). The summed E-state index contributed by atoms with van der Waals surface area (Å²) in [5.41, 5.74) is 6.38. The summed E-state index contributed by atoms with van der Waals surface area (Å²) >= 11 is 0. The van der Waals surface area contributed by atoms with Crippen LogP contribution >= 0.6 is 24.8 Å². The minimum absolute atomic E-state index is 0. The molecule has 19 heavy (non-hydrogen) atoms. The molecular formula is C11H18Cl2N4O2. The van der Waals surface area contributed by atoms with Crippen LogP contribution in [0.1, 0.15) is 29.0 Å². The Bertz CT molecular complexity index is 458. The molecule has 0 aromatic carbocycles. The lowest BCUT2D eigenvalue weighted by Crippen LogP contribution is -2.49. The summed E-state index contributed by atoms with van der Waals surface area (Å²) in [7, 11) is 0. The normalized spacial score (nSPS) is 20.0. The standard InChI is InChI=1S/C11H16N4O2.2ClH/c12-10(16)9-5-8-6-17-11(7-15(8)14-9)1-3-13-4-2-11;;/h5,13H,1-4,6-7H2,(H2,12,16);2*1H. The Labute approximate surface area is 123 Å². The Morgan fingerprint density at radius 3 is 2.74 bits per heavy atom. The molecule has 1 saturated heterocycles. The molecule has 0 aliphatic carbocycles. The number of piperidine rings is 1. The number of fused-ring (bicyclic) bond motifs is 1. The van der Waals surface area contributed by atoms with Crippen molar-refractivity contribution in [1.82, 2.24) is 15.1 Å². The molecule has 6 nitrogen and oxygen atoms in total. The van der Waals surface area contributed by atoms with Gasteiger partial charge in [-0.25, -0.2) is 0 Å². The molecule has 1 aromatic heterocycles. The fraction of sp³-hybridized carbons (Fsp3) is 0.636. The second-order valence-corrected chi connectivity index (χ2v) is 4.76. The molecule has 3 heterocycles. The maximum Gasteiger partial charge on any atom is 0.269 e. The maximum atomic E-state index is 11.1. The summed E-state index contributed by atoms with van der Waals surface area (Å²) < 4.78 is 7.84. The first kappa shape index (κ1) is 16.2. The van der Waals surface area contributed by atoms with E-state index in [1.807, 2.05) is 4.68 Å². The van der Waals surface area contributed by atoms with Gasteiger partial charge >= 0.3 is 0 Å². The van der Waals surface area contributed by atoms with Gasteiger partial charge in [-0.1, -0.05) is 0 Å². The van der Waals surface area contributed by atoms with Crippen molar-refractivity contribution in [3.63, 3.8) is 0 Å². The number of ether oxygens (including phenoxy) is 1. The molecule has 1 aromatic rings. The number of nitrogens with two attached hydrogens (primary N) is 1. The first-order chi connectivity index (χ1) is 8.19. The number of primary amides is 1. The summed E-state index contributed by atoms with van der Waals surface area (Å²) in [6, 6.07) is 1.72. The van der Waals surface area contributed by atoms with E-state index in [1.165, 1.54) is 0 Å². The monoisotopic (exact) mass is 308 g/mol. The fourth-order valence-corrected chi connectivity index (χ4v) is 2.56. The molecule has 1 fully saturated rings. The van der Waals surface area contributed by atoms with Crippen molar-refractivity contribution in [2.24, 2.45) is 5.73 Å². The lowest BCUT2D eigenvalue weighted by molar-refractivity contribution is -0.109. The number of aromatic nitrogens is 2. The third kappa shape index (κ3) is 3.02.